The SMILES string of the molecule is CC(C)NC(=O)c1cc(N2CCOCC2)ccn1. The van der Waals surface area contributed by atoms with Crippen molar-refractivity contribution in [2.45, 2.75) is 19.9 Å². The zero-order valence-electron chi connectivity index (χ0n) is 10.8. The lowest BCUT2D eigenvalue weighted by Gasteiger charge is -2.28. The van der Waals surface area contributed by atoms with Gasteiger partial charge in [0.2, 0.25) is 0 Å². The second kappa shape index (κ2) is 5.82. The number of pyridine rings is 1. The predicted octanol–water partition coefficient (Wildman–Crippen LogP) is 1.06. The molecule has 5 heteroatoms. The van der Waals surface area contributed by atoms with Crippen molar-refractivity contribution in [3.8, 4) is 0 Å². The number of aromatic nitrogens is 1. The number of nitrogens with one attached hydrogen (secondary N) is 1. The average Bonchev–Trinajstić information content (AvgIpc) is 2.39. The Morgan fingerprint density at radius 3 is 2.83 bits per heavy atom. The highest BCUT2D eigenvalue weighted by Crippen LogP contribution is 2.16. The lowest BCUT2D eigenvalue weighted by atomic mass is 10.2. The molecule has 0 spiro atoms. The van der Waals surface area contributed by atoms with Gasteiger partial charge >= 0.3 is 0 Å². The molecule has 1 aromatic heterocycles. The van der Waals surface area contributed by atoms with Crippen molar-refractivity contribution < 1.29 is 9.53 Å². The maximum Gasteiger partial charge on any atom is 0.270 e. The number of ether oxygens (including phenoxy) is 1. The van der Waals surface area contributed by atoms with Crippen LogP contribution in [0.5, 0.6) is 0 Å². The fourth-order valence-corrected chi connectivity index (χ4v) is 1.90. The number of nitrogens with zero attached hydrogens (tertiary/aromatic N) is 2. The molecule has 0 radical (unpaired) electrons. The topological polar surface area (TPSA) is 54.5 Å². The number of rotatable bonds is 3. The van der Waals surface area contributed by atoms with Crippen molar-refractivity contribution in [1.29, 1.82) is 0 Å². The van der Waals surface area contributed by atoms with Crippen LogP contribution in [0, 0.1) is 0 Å². The molecule has 1 aromatic rings. The lowest BCUT2D eigenvalue weighted by Crippen LogP contribution is -2.36. The van der Waals surface area contributed by atoms with Gasteiger partial charge in [-0.1, -0.05) is 0 Å². The minimum absolute atomic E-state index is 0.117. The third-order valence-corrected chi connectivity index (χ3v) is 2.77. The third-order valence-electron chi connectivity index (χ3n) is 2.77. The van der Waals surface area contributed by atoms with Gasteiger partial charge in [0.05, 0.1) is 13.2 Å². The zero-order valence-corrected chi connectivity index (χ0v) is 10.8. The Labute approximate surface area is 107 Å². The molecule has 18 heavy (non-hydrogen) atoms. The molecule has 0 unspecified atom stereocenters. The quantitative estimate of drug-likeness (QED) is 0.870. The van der Waals surface area contributed by atoms with E-state index in [1.165, 1.54) is 0 Å². The number of carbonyl (C=O) groups excluding carboxylic acids is 1. The Hall–Kier alpha value is -1.62. The standard InChI is InChI=1S/C13H19N3O2/c1-10(2)15-13(17)12-9-11(3-4-14-12)16-5-7-18-8-6-16/h3-4,9-10H,5-8H2,1-2H3,(H,15,17). The first-order chi connectivity index (χ1) is 8.66. The molecule has 1 aliphatic heterocycles. The fraction of sp³-hybridized carbons (Fsp3) is 0.538. The van der Waals surface area contributed by atoms with Gasteiger partial charge in [0, 0.05) is 31.0 Å². The van der Waals surface area contributed by atoms with Crippen LogP contribution in [0.4, 0.5) is 5.69 Å². The Kier molecular flexibility index (Phi) is 4.15. The van der Waals surface area contributed by atoms with Gasteiger partial charge in [-0.25, -0.2) is 0 Å². The largest absolute Gasteiger partial charge is 0.378 e. The van der Waals surface area contributed by atoms with Crippen LogP contribution in [-0.4, -0.2) is 43.2 Å². The molecule has 2 rings (SSSR count). The minimum atomic E-state index is -0.125. The van der Waals surface area contributed by atoms with E-state index in [9.17, 15) is 4.79 Å². The van der Waals surface area contributed by atoms with Crippen LogP contribution in [-0.2, 0) is 4.74 Å². The van der Waals surface area contributed by atoms with E-state index in [-0.39, 0.29) is 11.9 Å². The van der Waals surface area contributed by atoms with Crippen molar-refractivity contribution in [1.82, 2.24) is 10.3 Å². The Balaban J connectivity index is 2.11. The van der Waals surface area contributed by atoms with Gasteiger partial charge in [-0.15, -0.1) is 0 Å². The summed E-state index contributed by atoms with van der Waals surface area (Å²) in [5, 5.41) is 2.84. The summed E-state index contributed by atoms with van der Waals surface area (Å²) in [6.07, 6.45) is 1.68. The number of morpholine rings is 1. The van der Waals surface area contributed by atoms with E-state index in [2.05, 4.69) is 15.2 Å². The fourth-order valence-electron chi connectivity index (χ4n) is 1.90. The number of carbonyl (C=O) groups is 1. The number of anilines is 1. The van der Waals surface area contributed by atoms with E-state index >= 15 is 0 Å². The van der Waals surface area contributed by atoms with Crippen molar-refractivity contribution in [2.75, 3.05) is 31.2 Å². The number of hydrogen-bond acceptors (Lipinski definition) is 4. The second-order valence-electron chi connectivity index (χ2n) is 4.63. The van der Waals surface area contributed by atoms with Crippen molar-refractivity contribution in [2.24, 2.45) is 0 Å². The molecule has 0 bridgehead atoms. The summed E-state index contributed by atoms with van der Waals surface area (Å²) in [5.74, 6) is -0.125. The van der Waals surface area contributed by atoms with E-state index in [1.807, 2.05) is 26.0 Å². The molecular formula is C13H19N3O2. The average molecular weight is 249 g/mol. The molecule has 98 valence electrons. The lowest BCUT2D eigenvalue weighted by molar-refractivity contribution is 0.0938. The van der Waals surface area contributed by atoms with E-state index < -0.39 is 0 Å². The minimum Gasteiger partial charge on any atom is -0.378 e. The van der Waals surface area contributed by atoms with Crippen molar-refractivity contribution >= 4 is 11.6 Å². The van der Waals surface area contributed by atoms with E-state index in [1.54, 1.807) is 6.20 Å². The smallest absolute Gasteiger partial charge is 0.270 e. The molecule has 0 aliphatic carbocycles. The van der Waals surface area contributed by atoms with Gasteiger partial charge in [-0.2, -0.15) is 0 Å². The molecular weight excluding hydrogens is 230 g/mol. The van der Waals surface area contributed by atoms with Crippen LogP contribution < -0.4 is 10.2 Å². The van der Waals surface area contributed by atoms with E-state index in [0.717, 1.165) is 32.0 Å². The monoisotopic (exact) mass is 249 g/mol. The Morgan fingerprint density at radius 1 is 1.44 bits per heavy atom. The van der Waals surface area contributed by atoms with Gasteiger partial charge < -0.3 is 15.0 Å². The number of hydrogen-bond donors (Lipinski definition) is 1. The van der Waals surface area contributed by atoms with Crippen LogP contribution >= 0.6 is 0 Å². The summed E-state index contributed by atoms with van der Waals surface area (Å²) >= 11 is 0. The first-order valence-corrected chi connectivity index (χ1v) is 6.26. The summed E-state index contributed by atoms with van der Waals surface area (Å²) < 4.78 is 5.31. The molecule has 1 aliphatic rings. The molecule has 2 heterocycles. The van der Waals surface area contributed by atoms with Crippen LogP contribution in [0.2, 0.25) is 0 Å². The third kappa shape index (κ3) is 3.20. The zero-order chi connectivity index (χ0) is 13.0. The van der Waals surface area contributed by atoms with Gasteiger partial charge in [-0.3, -0.25) is 9.78 Å². The first-order valence-electron chi connectivity index (χ1n) is 6.26. The molecule has 1 saturated heterocycles. The van der Waals surface area contributed by atoms with Gasteiger partial charge in [0.1, 0.15) is 5.69 Å². The van der Waals surface area contributed by atoms with Crippen LogP contribution in [0.25, 0.3) is 0 Å². The molecule has 0 aromatic carbocycles. The molecule has 5 nitrogen and oxygen atoms in total. The highest BCUT2D eigenvalue weighted by molar-refractivity contribution is 5.93. The second-order valence-corrected chi connectivity index (χ2v) is 4.63. The molecule has 0 atom stereocenters. The Bertz CT molecular complexity index is 414. The van der Waals surface area contributed by atoms with Gasteiger partial charge in [-0.05, 0) is 26.0 Å². The molecule has 1 amide bonds. The maximum atomic E-state index is 11.9. The molecule has 1 N–H and O–H groups in total. The van der Waals surface area contributed by atoms with Crippen molar-refractivity contribution in [3.63, 3.8) is 0 Å². The Morgan fingerprint density at radius 2 is 2.17 bits per heavy atom. The van der Waals surface area contributed by atoms with Gasteiger partial charge in [0.25, 0.3) is 5.91 Å². The van der Waals surface area contributed by atoms with Crippen LogP contribution in [0.15, 0.2) is 18.3 Å². The summed E-state index contributed by atoms with van der Waals surface area (Å²) in [4.78, 5) is 18.2. The summed E-state index contributed by atoms with van der Waals surface area (Å²) in [7, 11) is 0. The first kappa shape index (κ1) is 12.8. The predicted molar refractivity (Wildman–Crippen MR) is 69.9 cm³/mol. The van der Waals surface area contributed by atoms with E-state index in [0.29, 0.717) is 5.69 Å². The normalized spacial score (nSPS) is 15.8. The molecule has 1 fully saturated rings. The summed E-state index contributed by atoms with van der Waals surface area (Å²) in [6, 6.07) is 3.88. The maximum absolute atomic E-state index is 11.9. The van der Waals surface area contributed by atoms with Crippen LogP contribution in [0.3, 0.4) is 0 Å². The van der Waals surface area contributed by atoms with Crippen LogP contribution in [0.1, 0.15) is 24.3 Å². The summed E-state index contributed by atoms with van der Waals surface area (Å²) in [6.45, 7) is 7.05. The van der Waals surface area contributed by atoms with Crippen molar-refractivity contribution in [3.05, 3.63) is 24.0 Å². The number of amides is 1. The van der Waals surface area contributed by atoms with Gasteiger partial charge in [0.15, 0.2) is 0 Å². The van der Waals surface area contributed by atoms with E-state index in [4.69, 9.17) is 4.74 Å². The highest BCUT2D eigenvalue weighted by atomic mass is 16.5. The summed E-state index contributed by atoms with van der Waals surface area (Å²) in [5.41, 5.74) is 1.50. The highest BCUT2D eigenvalue weighted by Gasteiger charge is 2.14. The molecule has 0 saturated carbocycles.